The standard InChI is InChI=1S/C14H28N2O2/c1-11(18)13-7-14(15-5-6-17)10-16(9-13)8-12-3-2-4-12/h11-15,17-18H,2-10H2,1H3. The molecule has 1 saturated heterocycles. The van der Waals surface area contributed by atoms with Crippen LogP contribution in [-0.4, -0.2) is 60.0 Å². The summed E-state index contributed by atoms with van der Waals surface area (Å²) in [6.45, 7) is 6.05. The van der Waals surface area contributed by atoms with Crippen molar-refractivity contribution >= 4 is 0 Å². The summed E-state index contributed by atoms with van der Waals surface area (Å²) in [4.78, 5) is 2.51. The van der Waals surface area contributed by atoms with Crippen LogP contribution in [0.1, 0.15) is 32.6 Å². The van der Waals surface area contributed by atoms with Gasteiger partial charge in [-0.15, -0.1) is 0 Å². The lowest BCUT2D eigenvalue weighted by Gasteiger charge is -2.42. The predicted molar refractivity (Wildman–Crippen MR) is 72.4 cm³/mol. The van der Waals surface area contributed by atoms with Gasteiger partial charge in [0.15, 0.2) is 0 Å². The van der Waals surface area contributed by atoms with Gasteiger partial charge in [0.1, 0.15) is 0 Å². The third-order valence-electron chi connectivity index (χ3n) is 4.53. The van der Waals surface area contributed by atoms with E-state index < -0.39 is 0 Å². The minimum Gasteiger partial charge on any atom is -0.395 e. The summed E-state index contributed by atoms with van der Waals surface area (Å²) >= 11 is 0. The number of rotatable bonds is 6. The average Bonchev–Trinajstić information content (AvgIpc) is 2.31. The molecule has 3 N–H and O–H groups in total. The first kappa shape index (κ1) is 14.3. The Hall–Kier alpha value is -0.160. The summed E-state index contributed by atoms with van der Waals surface area (Å²) in [6, 6.07) is 0.422. The molecule has 0 amide bonds. The molecule has 18 heavy (non-hydrogen) atoms. The zero-order valence-corrected chi connectivity index (χ0v) is 11.5. The zero-order chi connectivity index (χ0) is 13.0. The molecule has 106 valence electrons. The second kappa shape index (κ2) is 6.85. The molecule has 0 aromatic rings. The van der Waals surface area contributed by atoms with Gasteiger partial charge in [-0.1, -0.05) is 6.42 Å². The third kappa shape index (κ3) is 3.92. The highest BCUT2D eigenvalue weighted by Crippen LogP contribution is 2.29. The van der Waals surface area contributed by atoms with Crippen molar-refractivity contribution in [1.29, 1.82) is 0 Å². The van der Waals surface area contributed by atoms with E-state index in [4.69, 9.17) is 5.11 Å². The third-order valence-corrected chi connectivity index (χ3v) is 4.53. The highest BCUT2D eigenvalue weighted by molar-refractivity contribution is 4.87. The number of nitrogens with zero attached hydrogens (tertiary/aromatic N) is 1. The van der Waals surface area contributed by atoms with Crippen LogP contribution in [0.3, 0.4) is 0 Å². The second-order valence-electron chi connectivity index (χ2n) is 6.13. The lowest BCUT2D eigenvalue weighted by molar-refractivity contribution is 0.0345. The Morgan fingerprint density at radius 1 is 1.33 bits per heavy atom. The first-order valence-corrected chi connectivity index (χ1v) is 7.43. The summed E-state index contributed by atoms with van der Waals surface area (Å²) in [5.74, 6) is 1.26. The van der Waals surface area contributed by atoms with Gasteiger partial charge in [-0.25, -0.2) is 0 Å². The van der Waals surface area contributed by atoms with E-state index in [0.717, 1.165) is 25.4 Å². The molecule has 2 fully saturated rings. The van der Waals surface area contributed by atoms with E-state index in [1.807, 2.05) is 6.92 Å². The van der Waals surface area contributed by atoms with E-state index in [1.165, 1.54) is 25.8 Å². The van der Waals surface area contributed by atoms with E-state index >= 15 is 0 Å². The molecular formula is C14H28N2O2. The van der Waals surface area contributed by atoms with Crippen LogP contribution in [0, 0.1) is 11.8 Å². The maximum Gasteiger partial charge on any atom is 0.0556 e. The second-order valence-corrected chi connectivity index (χ2v) is 6.13. The molecule has 1 aliphatic heterocycles. The number of nitrogens with one attached hydrogen (secondary N) is 1. The highest BCUT2D eigenvalue weighted by Gasteiger charge is 2.31. The van der Waals surface area contributed by atoms with E-state index in [-0.39, 0.29) is 12.7 Å². The van der Waals surface area contributed by atoms with Gasteiger partial charge >= 0.3 is 0 Å². The Labute approximate surface area is 110 Å². The van der Waals surface area contributed by atoms with Gasteiger partial charge in [0.2, 0.25) is 0 Å². The molecule has 3 unspecified atom stereocenters. The molecule has 0 aromatic carbocycles. The van der Waals surface area contributed by atoms with Gasteiger partial charge < -0.3 is 20.4 Å². The molecule has 4 heteroatoms. The van der Waals surface area contributed by atoms with Crippen molar-refractivity contribution in [1.82, 2.24) is 10.2 Å². The normalized spacial score (nSPS) is 32.2. The van der Waals surface area contributed by atoms with Crippen molar-refractivity contribution in [2.75, 3.05) is 32.8 Å². The topological polar surface area (TPSA) is 55.7 Å². The molecule has 4 nitrogen and oxygen atoms in total. The number of hydrogen-bond acceptors (Lipinski definition) is 4. The van der Waals surface area contributed by atoms with Crippen molar-refractivity contribution in [3.05, 3.63) is 0 Å². The molecule has 0 bridgehead atoms. The first-order chi connectivity index (χ1) is 8.69. The molecule has 2 rings (SSSR count). The first-order valence-electron chi connectivity index (χ1n) is 7.43. The van der Waals surface area contributed by atoms with Gasteiger partial charge in [0, 0.05) is 32.2 Å². The Morgan fingerprint density at radius 2 is 2.11 bits per heavy atom. The van der Waals surface area contributed by atoms with E-state index in [1.54, 1.807) is 0 Å². The SMILES string of the molecule is CC(O)C1CC(NCCO)CN(CC2CCC2)C1. The minimum absolute atomic E-state index is 0.193. The molecular weight excluding hydrogens is 228 g/mol. The monoisotopic (exact) mass is 256 g/mol. The summed E-state index contributed by atoms with van der Waals surface area (Å²) in [5.41, 5.74) is 0. The molecule has 1 saturated carbocycles. The minimum atomic E-state index is -0.229. The highest BCUT2D eigenvalue weighted by atomic mass is 16.3. The predicted octanol–water partition coefficient (Wildman–Crippen LogP) is 0.440. The van der Waals surface area contributed by atoms with Crippen LogP contribution in [0.25, 0.3) is 0 Å². The van der Waals surface area contributed by atoms with Crippen molar-refractivity contribution in [3.63, 3.8) is 0 Å². The molecule has 0 spiro atoms. The van der Waals surface area contributed by atoms with Gasteiger partial charge in [0.25, 0.3) is 0 Å². The van der Waals surface area contributed by atoms with E-state index in [2.05, 4.69) is 10.2 Å². The van der Waals surface area contributed by atoms with Crippen LogP contribution in [0.5, 0.6) is 0 Å². The van der Waals surface area contributed by atoms with Gasteiger partial charge in [-0.05, 0) is 38.0 Å². The Morgan fingerprint density at radius 3 is 2.67 bits per heavy atom. The van der Waals surface area contributed by atoms with Crippen LogP contribution in [0.2, 0.25) is 0 Å². The van der Waals surface area contributed by atoms with E-state index in [0.29, 0.717) is 18.5 Å². The maximum absolute atomic E-state index is 9.84. The lowest BCUT2D eigenvalue weighted by atomic mass is 9.83. The van der Waals surface area contributed by atoms with Gasteiger partial charge in [-0.2, -0.15) is 0 Å². The smallest absolute Gasteiger partial charge is 0.0556 e. The Bertz CT molecular complexity index is 244. The maximum atomic E-state index is 9.84. The van der Waals surface area contributed by atoms with Crippen LogP contribution >= 0.6 is 0 Å². The largest absolute Gasteiger partial charge is 0.395 e. The molecule has 0 aromatic heterocycles. The summed E-state index contributed by atoms with van der Waals surface area (Å²) in [7, 11) is 0. The molecule has 2 aliphatic rings. The summed E-state index contributed by atoms with van der Waals surface area (Å²) < 4.78 is 0. The summed E-state index contributed by atoms with van der Waals surface area (Å²) in [6.07, 6.45) is 4.95. The van der Waals surface area contributed by atoms with E-state index in [9.17, 15) is 5.11 Å². The van der Waals surface area contributed by atoms with Crippen LogP contribution in [0.15, 0.2) is 0 Å². The van der Waals surface area contributed by atoms with Crippen molar-refractivity contribution in [3.8, 4) is 0 Å². The molecule has 1 heterocycles. The Balaban J connectivity index is 1.83. The van der Waals surface area contributed by atoms with Crippen molar-refractivity contribution in [2.24, 2.45) is 11.8 Å². The van der Waals surface area contributed by atoms with Crippen LogP contribution in [0.4, 0.5) is 0 Å². The fraction of sp³-hybridized carbons (Fsp3) is 1.00. The molecule has 1 aliphatic carbocycles. The fourth-order valence-electron chi connectivity index (χ4n) is 3.19. The molecule has 3 atom stereocenters. The summed E-state index contributed by atoms with van der Waals surface area (Å²) in [5, 5.41) is 22.1. The fourth-order valence-corrected chi connectivity index (χ4v) is 3.19. The quantitative estimate of drug-likeness (QED) is 0.645. The van der Waals surface area contributed by atoms with Crippen molar-refractivity contribution in [2.45, 2.75) is 44.8 Å². The van der Waals surface area contributed by atoms with Gasteiger partial charge in [-0.3, -0.25) is 0 Å². The number of aliphatic hydroxyl groups is 2. The number of hydrogen-bond donors (Lipinski definition) is 3. The number of aliphatic hydroxyl groups excluding tert-OH is 2. The van der Waals surface area contributed by atoms with Gasteiger partial charge in [0.05, 0.1) is 12.7 Å². The average molecular weight is 256 g/mol. The van der Waals surface area contributed by atoms with Crippen molar-refractivity contribution < 1.29 is 10.2 Å². The Kier molecular flexibility index (Phi) is 5.42. The number of piperidine rings is 1. The molecule has 0 radical (unpaired) electrons. The lowest BCUT2D eigenvalue weighted by Crippen LogP contribution is -2.53. The number of likely N-dealkylation sites (tertiary alicyclic amines) is 1. The van der Waals surface area contributed by atoms with Crippen LogP contribution < -0.4 is 5.32 Å². The van der Waals surface area contributed by atoms with Crippen LogP contribution in [-0.2, 0) is 0 Å². The zero-order valence-electron chi connectivity index (χ0n) is 11.5.